The monoisotopic (exact) mass is 235 g/mol. The van der Waals surface area contributed by atoms with Crippen molar-refractivity contribution in [1.29, 1.82) is 5.26 Å². The van der Waals surface area contributed by atoms with Gasteiger partial charge in [-0.15, -0.1) is 0 Å². The maximum absolute atomic E-state index is 11.4. The first-order chi connectivity index (χ1) is 6.22. The lowest BCUT2D eigenvalue weighted by atomic mass is 10.0. The van der Waals surface area contributed by atoms with E-state index in [1.807, 2.05) is 12.1 Å². The van der Waals surface area contributed by atoms with Crippen molar-refractivity contribution in [3.8, 4) is 6.07 Å². The number of halogens is 1. The number of Topliss-reactive ketones (excluding diaryl/α,β-unsaturated/α-hetero) is 1. The minimum Gasteiger partial charge on any atom is -0.294 e. The second kappa shape index (κ2) is 2.97. The normalized spacial score (nSPS) is 14.0. The van der Waals surface area contributed by atoms with Crippen molar-refractivity contribution in [2.45, 2.75) is 12.8 Å². The van der Waals surface area contributed by atoms with Gasteiger partial charge in [-0.05, 0) is 24.1 Å². The largest absolute Gasteiger partial charge is 0.294 e. The van der Waals surface area contributed by atoms with Crippen LogP contribution in [0.5, 0.6) is 0 Å². The summed E-state index contributed by atoms with van der Waals surface area (Å²) in [5.41, 5.74) is 2.12. The van der Waals surface area contributed by atoms with Gasteiger partial charge in [0.05, 0.1) is 11.6 Å². The van der Waals surface area contributed by atoms with E-state index in [1.54, 1.807) is 6.07 Å². The van der Waals surface area contributed by atoms with Crippen molar-refractivity contribution in [1.82, 2.24) is 0 Å². The molecule has 0 fully saturated rings. The van der Waals surface area contributed by atoms with Crippen LogP contribution in [0.2, 0.25) is 0 Å². The highest BCUT2D eigenvalue weighted by Crippen LogP contribution is 2.28. The van der Waals surface area contributed by atoms with Gasteiger partial charge >= 0.3 is 0 Å². The quantitative estimate of drug-likeness (QED) is 0.694. The van der Waals surface area contributed by atoms with E-state index in [-0.39, 0.29) is 5.78 Å². The van der Waals surface area contributed by atoms with Crippen LogP contribution in [0.25, 0.3) is 0 Å². The maximum Gasteiger partial charge on any atom is 0.164 e. The standard InChI is InChI=1S/C10H6BrNO/c11-8-3-6-1-2-9(13)10(6)7(4-8)5-12/h3-4H,1-2H2. The number of hydrogen-bond donors (Lipinski definition) is 0. The topological polar surface area (TPSA) is 40.9 Å². The van der Waals surface area contributed by atoms with Crippen LogP contribution in [0.15, 0.2) is 16.6 Å². The zero-order valence-electron chi connectivity index (χ0n) is 6.80. The predicted molar refractivity (Wildman–Crippen MR) is 51.5 cm³/mol. The highest BCUT2D eigenvalue weighted by molar-refractivity contribution is 9.10. The zero-order chi connectivity index (χ0) is 9.42. The van der Waals surface area contributed by atoms with E-state index < -0.39 is 0 Å². The molecule has 1 aliphatic carbocycles. The molecule has 64 valence electrons. The van der Waals surface area contributed by atoms with Gasteiger partial charge in [-0.3, -0.25) is 4.79 Å². The molecular formula is C10H6BrNO. The lowest BCUT2D eigenvalue weighted by Gasteiger charge is -2.00. The molecule has 0 heterocycles. The Hall–Kier alpha value is -1.14. The third-order valence-electron chi connectivity index (χ3n) is 2.21. The summed E-state index contributed by atoms with van der Waals surface area (Å²) in [6.45, 7) is 0. The van der Waals surface area contributed by atoms with Crippen LogP contribution in [0.3, 0.4) is 0 Å². The minimum absolute atomic E-state index is 0.0963. The van der Waals surface area contributed by atoms with E-state index in [2.05, 4.69) is 15.9 Å². The summed E-state index contributed by atoms with van der Waals surface area (Å²) in [7, 11) is 0. The van der Waals surface area contributed by atoms with Crippen molar-refractivity contribution in [2.24, 2.45) is 0 Å². The average molecular weight is 236 g/mol. The van der Waals surface area contributed by atoms with Crippen molar-refractivity contribution >= 4 is 21.7 Å². The molecule has 2 rings (SSSR count). The van der Waals surface area contributed by atoms with Gasteiger partial charge in [-0.2, -0.15) is 5.26 Å². The second-order valence-corrected chi connectivity index (χ2v) is 3.94. The Labute approximate surface area is 84.3 Å². The molecule has 0 saturated carbocycles. The van der Waals surface area contributed by atoms with Gasteiger partial charge in [-0.1, -0.05) is 15.9 Å². The summed E-state index contributed by atoms with van der Waals surface area (Å²) in [5.74, 6) is 0.0963. The van der Waals surface area contributed by atoms with E-state index in [0.29, 0.717) is 17.5 Å². The van der Waals surface area contributed by atoms with Gasteiger partial charge in [-0.25, -0.2) is 0 Å². The zero-order valence-corrected chi connectivity index (χ0v) is 8.39. The Morgan fingerprint density at radius 3 is 2.85 bits per heavy atom. The van der Waals surface area contributed by atoms with Gasteiger partial charge in [0, 0.05) is 16.5 Å². The van der Waals surface area contributed by atoms with Crippen LogP contribution in [0.1, 0.15) is 27.9 Å². The van der Waals surface area contributed by atoms with E-state index in [9.17, 15) is 4.79 Å². The number of ketones is 1. The van der Waals surface area contributed by atoms with Gasteiger partial charge in [0.25, 0.3) is 0 Å². The van der Waals surface area contributed by atoms with Crippen LogP contribution in [-0.4, -0.2) is 5.78 Å². The molecule has 0 atom stereocenters. The van der Waals surface area contributed by atoms with Crippen molar-refractivity contribution in [3.05, 3.63) is 33.3 Å². The van der Waals surface area contributed by atoms with Crippen LogP contribution in [-0.2, 0) is 6.42 Å². The fraction of sp³-hybridized carbons (Fsp3) is 0.200. The molecule has 0 aliphatic heterocycles. The molecule has 0 aromatic heterocycles. The Kier molecular flexibility index (Phi) is 1.93. The summed E-state index contributed by atoms with van der Waals surface area (Å²) in [6, 6.07) is 5.66. The number of hydrogen-bond acceptors (Lipinski definition) is 2. The lowest BCUT2D eigenvalue weighted by Crippen LogP contribution is -1.95. The first-order valence-corrected chi connectivity index (χ1v) is 4.77. The number of fused-ring (bicyclic) bond motifs is 1. The molecule has 0 unspecified atom stereocenters. The minimum atomic E-state index is 0.0963. The van der Waals surface area contributed by atoms with Gasteiger partial charge in [0.2, 0.25) is 0 Å². The molecular weight excluding hydrogens is 230 g/mol. The van der Waals surface area contributed by atoms with E-state index in [0.717, 1.165) is 16.5 Å². The third kappa shape index (κ3) is 1.27. The molecule has 13 heavy (non-hydrogen) atoms. The van der Waals surface area contributed by atoms with E-state index >= 15 is 0 Å². The van der Waals surface area contributed by atoms with E-state index in [1.165, 1.54) is 0 Å². The summed E-state index contributed by atoms with van der Waals surface area (Å²) < 4.78 is 0.873. The average Bonchev–Trinajstić information content (AvgIpc) is 2.46. The summed E-state index contributed by atoms with van der Waals surface area (Å²) in [4.78, 5) is 11.4. The van der Waals surface area contributed by atoms with Gasteiger partial charge < -0.3 is 0 Å². The van der Waals surface area contributed by atoms with Crippen LogP contribution in [0.4, 0.5) is 0 Å². The second-order valence-electron chi connectivity index (χ2n) is 3.02. The summed E-state index contributed by atoms with van der Waals surface area (Å²) in [5, 5.41) is 8.82. The first-order valence-electron chi connectivity index (χ1n) is 3.98. The highest BCUT2D eigenvalue weighted by Gasteiger charge is 2.23. The number of rotatable bonds is 0. The molecule has 2 nitrogen and oxygen atoms in total. The summed E-state index contributed by atoms with van der Waals surface area (Å²) in [6.07, 6.45) is 1.31. The van der Waals surface area contributed by atoms with Gasteiger partial charge in [0.15, 0.2) is 5.78 Å². The number of carbonyl (C=O) groups excluding carboxylic acids is 1. The molecule has 0 bridgehead atoms. The van der Waals surface area contributed by atoms with E-state index in [4.69, 9.17) is 5.26 Å². The molecule has 0 amide bonds. The van der Waals surface area contributed by atoms with Crippen LogP contribution < -0.4 is 0 Å². The summed E-state index contributed by atoms with van der Waals surface area (Å²) >= 11 is 3.31. The Bertz CT molecular complexity index is 431. The van der Waals surface area contributed by atoms with Crippen molar-refractivity contribution in [3.63, 3.8) is 0 Å². The lowest BCUT2D eigenvalue weighted by molar-refractivity contribution is 0.0994. The van der Waals surface area contributed by atoms with Gasteiger partial charge in [0.1, 0.15) is 0 Å². The molecule has 1 aromatic rings. The Morgan fingerprint density at radius 2 is 2.15 bits per heavy atom. The predicted octanol–water partition coefficient (Wildman–Crippen LogP) is 2.45. The van der Waals surface area contributed by atoms with Crippen LogP contribution in [0, 0.1) is 11.3 Å². The smallest absolute Gasteiger partial charge is 0.164 e. The third-order valence-corrected chi connectivity index (χ3v) is 2.66. The fourth-order valence-corrected chi connectivity index (χ4v) is 2.16. The molecule has 1 aromatic carbocycles. The first kappa shape index (κ1) is 8.46. The number of aryl methyl sites for hydroxylation is 1. The number of benzene rings is 1. The molecule has 1 aliphatic rings. The fourth-order valence-electron chi connectivity index (χ4n) is 1.65. The van der Waals surface area contributed by atoms with Crippen LogP contribution >= 0.6 is 15.9 Å². The molecule has 0 radical (unpaired) electrons. The molecule has 0 saturated heterocycles. The molecule has 0 N–H and O–H groups in total. The Morgan fingerprint density at radius 1 is 1.38 bits per heavy atom. The number of nitriles is 1. The number of nitrogens with zero attached hydrogens (tertiary/aromatic N) is 1. The Balaban J connectivity index is 2.73. The maximum atomic E-state index is 11.4. The molecule has 3 heteroatoms. The molecule has 0 spiro atoms. The number of carbonyl (C=O) groups is 1. The SMILES string of the molecule is N#Cc1cc(Br)cc2c1C(=O)CC2. The van der Waals surface area contributed by atoms with Crippen molar-refractivity contribution < 1.29 is 4.79 Å². The highest BCUT2D eigenvalue weighted by atomic mass is 79.9. The van der Waals surface area contributed by atoms with Crippen molar-refractivity contribution in [2.75, 3.05) is 0 Å².